The van der Waals surface area contributed by atoms with Gasteiger partial charge in [-0.15, -0.1) is 0 Å². The zero-order valence-corrected chi connectivity index (χ0v) is 21.0. The molecular weight excluding hydrogens is 527 g/mol. The van der Waals surface area contributed by atoms with Crippen molar-refractivity contribution >= 4 is 63.3 Å². The minimum absolute atomic E-state index is 0.0446. The van der Waals surface area contributed by atoms with E-state index in [-0.39, 0.29) is 11.6 Å². The van der Waals surface area contributed by atoms with E-state index in [1.807, 2.05) is 0 Å². The Morgan fingerprint density at radius 1 is 1.00 bits per heavy atom. The quantitative estimate of drug-likeness (QED) is 0.135. The molecule has 1 fully saturated rings. The van der Waals surface area contributed by atoms with Crippen LogP contribution in [0.5, 0.6) is 0 Å². The monoisotopic (exact) mass is 544 g/mol. The van der Waals surface area contributed by atoms with Gasteiger partial charge in [0.2, 0.25) is 0 Å². The van der Waals surface area contributed by atoms with Crippen molar-refractivity contribution in [3.05, 3.63) is 123 Å². The van der Waals surface area contributed by atoms with Crippen LogP contribution in [0.3, 0.4) is 0 Å². The van der Waals surface area contributed by atoms with Gasteiger partial charge in [0.05, 0.1) is 21.2 Å². The molecule has 1 aromatic heterocycles. The molecule has 8 nitrogen and oxygen atoms in total. The Morgan fingerprint density at radius 3 is 2.50 bits per heavy atom. The van der Waals surface area contributed by atoms with Gasteiger partial charge in [-0.25, -0.2) is 4.39 Å². The van der Waals surface area contributed by atoms with E-state index in [9.17, 15) is 24.1 Å². The summed E-state index contributed by atoms with van der Waals surface area (Å²) in [5, 5.41) is 13.9. The highest BCUT2D eigenvalue weighted by molar-refractivity contribution is 8.27. The molecule has 11 heteroatoms. The second kappa shape index (κ2) is 10.4. The van der Waals surface area contributed by atoms with Crippen molar-refractivity contribution in [2.75, 3.05) is 10.2 Å². The highest BCUT2D eigenvalue weighted by Gasteiger charge is 2.34. The van der Waals surface area contributed by atoms with Gasteiger partial charge < -0.3 is 9.88 Å². The fourth-order valence-corrected chi connectivity index (χ4v) is 5.13. The second-order valence-corrected chi connectivity index (χ2v) is 9.78. The van der Waals surface area contributed by atoms with Gasteiger partial charge in [-0.1, -0.05) is 36.1 Å². The van der Waals surface area contributed by atoms with Crippen LogP contribution in [-0.4, -0.2) is 25.6 Å². The number of carbonyl (C=O) groups is 2. The second-order valence-electron chi connectivity index (χ2n) is 8.11. The van der Waals surface area contributed by atoms with E-state index in [0.29, 0.717) is 37.5 Å². The third kappa shape index (κ3) is 5.10. The zero-order valence-electron chi connectivity index (χ0n) is 19.4. The van der Waals surface area contributed by atoms with E-state index in [1.54, 1.807) is 65.4 Å². The van der Waals surface area contributed by atoms with Gasteiger partial charge in [-0.3, -0.25) is 24.6 Å². The minimum Gasteiger partial charge on any atom is -0.322 e. The number of thioether (sulfide) groups is 1. The summed E-state index contributed by atoms with van der Waals surface area (Å²) in [6, 6.07) is 21.6. The van der Waals surface area contributed by atoms with Crippen molar-refractivity contribution < 1.29 is 18.9 Å². The van der Waals surface area contributed by atoms with Crippen molar-refractivity contribution in [2.24, 2.45) is 0 Å². The molecule has 0 unspecified atom stereocenters. The maximum Gasteiger partial charge on any atom is 0.271 e. The van der Waals surface area contributed by atoms with Gasteiger partial charge in [0.25, 0.3) is 17.5 Å². The van der Waals surface area contributed by atoms with E-state index >= 15 is 0 Å². The molecule has 3 aromatic carbocycles. The largest absolute Gasteiger partial charge is 0.322 e. The maximum atomic E-state index is 13.4. The summed E-state index contributed by atoms with van der Waals surface area (Å²) in [5.74, 6) is -1.19. The lowest BCUT2D eigenvalue weighted by Crippen LogP contribution is -2.27. The molecule has 1 saturated heterocycles. The Hall–Kier alpha value is -4.61. The van der Waals surface area contributed by atoms with Crippen LogP contribution in [0.15, 0.2) is 96.0 Å². The molecular formula is C27H17FN4O4S2. The molecule has 1 aliphatic rings. The number of anilines is 2. The molecule has 1 N–H and O–H groups in total. The first-order valence-electron chi connectivity index (χ1n) is 11.2. The Bertz CT molecular complexity index is 1630. The van der Waals surface area contributed by atoms with Gasteiger partial charge in [0.1, 0.15) is 5.82 Å². The first kappa shape index (κ1) is 25.1. The first-order chi connectivity index (χ1) is 18.3. The van der Waals surface area contributed by atoms with E-state index in [1.165, 1.54) is 41.3 Å². The Labute approximate surface area is 225 Å². The summed E-state index contributed by atoms with van der Waals surface area (Å²) < 4.78 is 15.2. The molecule has 0 bridgehead atoms. The number of carbonyl (C=O) groups excluding carboxylic acids is 2. The summed E-state index contributed by atoms with van der Waals surface area (Å²) in [5.41, 5.74) is 2.32. The Morgan fingerprint density at radius 2 is 1.74 bits per heavy atom. The standard InChI is InChI=1S/C27H17FN4O4S2/c28-18-9-11-19(12-10-18)29-25(33)17-4-1-6-22(14-17)31-26(34)24(38-27(31)37)16-21-8-3-13-30(21)20-5-2-7-23(15-20)32(35)36/h1-16H,(H,29,33)/b24-16+. The molecule has 188 valence electrons. The normalized spacial score (nSPS) is 14.2. The fourth-order valence-electron chi connectivity index (χ4n) is 3.85. The number of nitrogens with zero attached hydrogens (tertiary/aromatic N) is 3. The van der Waals surface area contributed by atoms with Crippen molar-refractivity contribution in [1.29, 1.82) is 0 Å². The van der Waals surface area contributed by atoms with E-state index in [0.717, 1.165) is 11.8 Å². The zero-order chi connectivity index (χ0) is 26.8. The van der Waals surface area contributed by atoms with Crippen LogP contribution in [0, 0.1) is 15.9 Å². The number of amides is 2. The number of thiocarbonyl (C=S) groups is 1. The number of hydrogen-bond acceptors (Lipinski definition) is 6. The number of aromatic nitrogens is 1. The van der Waals surface area contributed by atoms with Crippen LogP contribution in [0.2, 0.25) is 0 Å². The summed E-state index contributed by atoms with van der Waals surface area (Å²) in [4.78, 5) is 38.5. The van der Waals surface area contributed by atoms with Crippen LogP contribution < -0.4 is 10.2 Å². The van der Waals surface area contributed by atoms with Crippen LogP contribution >= 0.6 is 24.0 Å². The Balaban J connectivity index is 1.39. The van der Waals surface area contributed by atoms with Crippen molar-refractivity contribution in [1.82, 2.24) is 4.57 Å². The third-order valence-electron chi connectivity index (χ3n) is 5.64. The molecule has 0 spiro atoms. The lowest BCUT2D eigenvalue weighted by atomic mass is 10.1. The number of benzene rings is 3. The summed E-state index contributed by atoms with van der Waals surface area (Å²) in [6.07, 6.45) is 3.41. The van der Waals surface area contributed by atoms with Crippen LogP contribution in [0.4, 0.5) is 21.5 Å². The van der Waals surface area contributed by atoms with E-state index < -0.39 is 16.6 Å². The lowest BCUT2D eigenvalue weighted by molar-refractivity contribution is -0.384. The SMILES string of the molecule is O=C(Nc1ccc(F)cc1)c1cccc(N2C(=O)/C(=C\c3cccn3-c3cccc([N+](=O)[O-])c3)SC2=S)c1. The molecule has 38 heavy (non-hydrogen) atoms. The predicted octanol–water partition coefficient (Wildman–Crippen LogP) is 6.18. The number of nitro benzene ring substituents is 1. The van der Waals surface area contributed by atoms with Crippen LogP contribution in [0.1, 0.15) is 16.1 Å². The smallest absolute Gasteiger partial charge is 0.271 e. The number of rotatable bonds is 6. The average molecular weight is 545 g/mol. The van der Waals surface area contributed by atoms with E-state index in [4.69, 9.17) is 12.2 Å². The molecule has 0 atom stereocenters. The fraction of sp³-hybridized carbons (Fsp3) is 0. The molecule has 0 aliphatic carbocycles. The molecule has 1 aliphatic heterocycles. The number of halogens is 1. The average Bonchev–Trinajstić information content (AvgIpc) is 3.49. The van der Waals surface area contributed by atoms with Gasteiger partial charge in [-0.05, 0) is 66.7 Å². The summed E-state index contributed by atoms with van der Waals surface area (Å²) in [6.45, 7) is 0. The van der Waals surface area contributed by atoms with Gasteiger partial charge in [0.15, 0.2) is 4.32 Å². The van der Waals surface area contributed by atoms with Gasteiger partial charge in [-0.2, -0.15) is 0 Å². The van der Waals surface area contributed by atoms with Crippen LogP contribution in [-0.2, 0) is 4.79 Å². The summed E-state index contributed by atoms with van der Waals surface area (Å²) in [7, 11) is 0. The number of non-ortho nitro benzene ring substituents is 1. The lowest BCUT2D eigenvalue weighted by Gasteiger charge is -2.15. The third-order valence-corrected chi connectivity index (χ3v) is 6.94. The van der Waals surface area contributed by atoms with Crippen molar-refractivity contribution in [3.63, 3.8) is 0 Å². The molecule has 5 rings (SSSR count). The molecule has 0 radical (unpaired) electrons. The van der Waals surface area contributed by atoms with Gasteiger partial charge in [0, 0.05) is 35.3 Å². The Kier molecular flexibility index (Phi) is 6.86. The number of nitro groups is 1. The maximum absolute atomic E-state index is 13.4. The predicted molar refractivity (Wildman–Crippen MR) is 149 cm³/mol. The highest BCUT2D eigenvalue weighted by atomic mass is 32.2. The molecule has 2 amide bonds. The summed E-state index contributed by atoms with van der Waals surface area (Å²) >= 11 is 6.60. The molecule has 4 aromatic rings. The molecule has 2 heterocycles. The topological polar surface area (TPSA) is 97.5 Å². The van der Waals surface area contributed by atoms with Crippen LogP contribution in [0.25, 0.3) is 11.8 Å². The number of hydrogen-bond donors (Lipinski definition) is 1. The molecule has 0 saturated carbocycles. The van der Waals surface area contributed by atoms with Gasteiger partial charge >= 0.3 is 0 Å². The van der Waals surface area contributed by atoms with E-state index in [2.05, 4.69) is 5.32 Å². The number of nitrogens with one attached hydrogen (secondary N) is 1. The highest BCUT2D eigenvalue weighted by Crippen LogP contribution is 2.36. The minimum atomic E-state index is -0.466. The van der Waals surface area contributed by atoms with Crippen molar-refractivity contribution in [3.8, 4) is 5.69 Å². The van der Waals surface area contributed by atoms with Crippen molar-refractivity contribution in [2.45, 2.75) is 0 Å². The first-order valence-corrected chi connectivity index (χ1v) is 12.4.